The summed E-state index contributed by atoms with van der Waals surface area (Å²) < 4.78 is 0. The van der Waals surface area contributed by atoms with E-state index in [4.69, 9.17) is 5.73 Å². The molecule has 3 heteroatoms. The van der Waals surface area contributed by atoms with Crippen LogP contribution in [0.4, 0.5) is 0 Å². The summed E-state index contributed by atoms with van der Waals surface area (Å²) in [5, 5.41) is 9.98. The van der Waals surface area contributed by atoms with Gasteiger partial charge in [0.2, 0.25) is 0 Å². The molecule has 3 nitrogen and oxygen atoms in total. The zero-order chi connectivity index (χ0) is 14.4. The Morgan fingerprint density at radius 3 is 2.15 bits per heavy atom. The molecule has 0 bridgehead atoms. The third kappa shape index (κ3) is 3.63. The molecule has 2 aromatic rings. The van der Waals surface area contributed by atoms with Crippen molar-refractivity contribution < 1.29 is 9.90 Å². The zero-order valence-corrected chi connectivity index (χ0v) is 11.0. The summed E-state index contributed by atoms with van der Waals surface area (Å²) in [5.41, 5.74) is 7.26. The summed E-state index contributed by atoms with van der Waals surface area (Å²) >= 11 is 0. The van der Waals surface area contributed by atoms with Crippen LogP contribution < -0.4 is 5.73 Å². The quantitative estimate of drug-likeness (QED) is 0.817. The van der Waals surface area contributed by atoms with Gasteiger partial charge in [-0.05, 0) is 5.56 Å². The van der Waals surface area contributed by atoms with Crippen LogP contribution in [0.2, 0.25) is 0 Å². The molecule has 0 aliphatic heterocycles. The fraction of sp³-hybridized carbons (Fsp3) is 0.118. The maximum Gasteiger partial charge on any atom is 0.182 e. The van der Waals surface area contributed by atoms with Crippen molar-refractivity contribution in [1.29, 1.82) is 0 Å². The van der Waals surface area contributed by atoms with Gasteiger partial charge < -0.3 is 10.8 Å². The Morgan fingerprint density at radius 1 is 1.00 bits per heavy atom. The Labute approximate surface area is 118 Å². The summed E-state index contributed by atoms with van der Waals surface area (Å²) in [6.07, 6.45) is 2.28. The van der Waals surface area contributed by atoms with E-state index in [2.05, 4.69) is 0 Å². The Kier molecular flexibility index (Phi) is 4.82. The van der Waals surface area contributed by atoms with Crippen molar-refractivity contribution in [3.8, 4) is 0 Å². The first-order valence-electron chi connectivity index (χ1n) is 6.44. The number of nitrogens with two attached hydrogens (primary N) is 1. The van der Waals surface area contributed by atoms with Crippen LogP contribution in [0.5, 0.6) is 0 Å². The number of benzene rings is 2. The molecule has 2 aromatic carbocycles. The third-order valence-corrected chi connectivity index (χ3v) is 3.01. The molecule has 3 N–H and O–H groups in total. The van der Waals surface area contributed by atoms with Crippen molar-refractivity contribution in [1.82, 2.24) is 0 Å². The van der Waals surface area contributed by atoms with Crippen LogP contribution in [0.15, 0.2) is 66.7 Å². The van der Waals surface area contributed by atoms with Crippen LogP contribution >= 0.6 is 0 Å². The molecule has 2 unspecified atom stereocenters. The van der Waals surface area contributed by atoms with Gasteiger partial charge in [0.25, 0.3) is 0 Å². The molecule has 102 valence electrons. The molecule has 0 saturated heterocycles. The fourth-order valence-corrected chi connectivity index (χ4v) is 1.84. The standard InChI is InChI=1S/C17H17NO2/c18-16(17(20)14-9-5-2-6-10-14)15(19)12-11-13-7-3-1-4-8-13/h1-12,15-16,19H,18H2/b12-11+. The van der Waals surface area contributed by atoms with E-state index in [1.54, 1.807) is 36.4 Å². The SMILES string of the molecule is NC(C(=O)c1ccccc1)C(O)/C=C/c1ccccc1. The van der Waals surface area contributed by atoms with Gasteiger partial charge in [0.05, 0.1) is 12.1 Å². The predicted molar refractivity (Wildman–Crippen MR) is 80.2 cm³/mol. The van der Waals surface area contributed by atoms with Gasteiger partial charge in [0.1, 0.15) is 0 Å². The normalized spacial score (nSPS) is 14.1. The number of aliphatic hydroxyl groups is 1. The highest BCUT2D eigenvalue weighted by Gasteiger charge is 2.21. The lowest BCUT2D eigenvalue weighted by atomic mass is 10.00. The molecule has 0 aliphatic rings. The van der Waals surface area contributed by atoms with E-state index in [1.807, 2.05) is 36.4 Å². The Balaban J connectivity index is 2.04. The van der Waals surface area contributed by atoms with E-state index in [-0.39, 0.29) is 5.78 Å². The van der Waals surface area contributed by atoms with Gasteiger partial charge in [0.15, 0.2) is 5.78 Å². The molecule has 0 fully saturated rings. The van der Waals surface area contributed by atoms with Crippen LogP contribution in [0.3, 0.4) is 0 Å². The summed E-state index contributed by atoms with van der Waals surface area (Å²) in [6, 6.07) is 17.3. The van der Waals surface area contributed by atoms with Crippen molar-refractivity contribution >= 4 is 11.9 Å². The highest BCUT2D eigenvalue weighted by Crippen LogP contribution is 2.08. The second-order valence-electron chi connectivity index (χ2n) is 4.52. The minimum absolute atomic E-state index is 0.268. The smallest absolute Gasteiger partial charge is 0.182 e. The highest BCUT2D eigenvalue weighted by atomic mass is 16.3. The van der Waals surface area contributed by atoms with Crippen molar-refractivity contribution in [2.24, 2.45) is 5.73 Å². The number of aliphatic hydroxyl groups excluding tert-OH is 1. The molecule has 0 heterocycles. The molecule has 2 rings (SSSR count). The van der Waals surface area contributed by atoms with E-state index < -0.39 is 12.1 Å². The third-order valence-electron chi connectivity index (χ3n) is 3.01. The second-order valence-corrected chi connectivity index (χ2v) is 4.52. The molecule has 0 aliphatic carbocycles. The monoisotopic (exact) mass is 267 g/mol. The molecule has 0 radical (unpaired) electrons. The molecule has 0 amide bonds. The van der Waals surface area contributed by atoms with E-state index in [0.717, 1.165) is 5.56 Å². The topological polar surface area (TPSA) is 63.3 Å². The van der Waals surface area contributed by atoms with Crippen LogP contribution in [0, 0.1) is 0 Å². The summed E-state index contributed by atoms with van der Waals surface area (Å²) in [7, 11) is 0. The van der Waals surface area contributed by atoms with Crippen molar-refractivity contribution in [3.05, 3.63) is 77.9 Å². The molecule has 0 aromatic heterocycles. The number of carbonyl (C=O) groups is 1. The minimum atomic E-state index is -1.01. The average molecular weight is 267 g/mol. The molecule has 20 heavy (non-hydrogen) atoms. The molecular formula is C17H17NO2. The number of hydrogen-bond acceptors (Lipinski definition) is 3. The van der Waals surface area contributed by atoms with E-state index in [9.17, 15) is 9.90 Å². The van der Waals surface area contributed by atoms with E-state index in [0.29, 0.717) is 5.56 Å². The Morgan fingerprint density at radius 2 is 1.55 bits per heavy atom. The van der Waals surface area contributed by atoms with Crippen molar-refractivity contribution in [2.75, 3.05) is 0 Å². The van der Waals surface area contributed by atoms with Gasteiger partial charge in [-0.1, -0.05) is 72.8 Å². The van der Waals surface area contributed by atoms with Crippen LogP contribution in [0.1, 0.15) is 15.9 Å². The lowest BCUT2D eigenvalue weighted by Gasteiger charge is -2.14. The van der Waals surface area contributed by atoms with Crippen LogP contribution in [-0.2, 0) is 0 Å². The lowest BCUT2D eigenvalue weighted by molar-refractivity contribution is 0.0878. The first kappa shape index (κ1) is 14.2. The van der Waals surface area contributed by atoms with Crippen LogP contribution in [-0.4, -0.2) is 23.0 Å². The average Bonchev–Trinajstić information content (AvgIpc) is 2.53. The minimum Gasteiger partial charge on any atom is -0.387 e. The van der Waals surface area contributed by atoms with Crippen LogP contribution in [0.25, 0.3) is 6.08 Å². The summed E-state index contributed by atoms with van der Waals surface area (Å²) in [6.45, 7) is 0. The second kappa shape index (κ2) is 6.80. The van der Waals surface area contributed by atoms with Gasteiger partial charge in [-0.3, -0.25) is 4.79 Å². The number of hydrogen-bond donors (Lipinski definition) is 2. The van der Waals surface area contributed by atoms with Gasteiger partial charge in [-0.15, -0.1) is 0 Å². The van der Waals surface area contributed by atoms with Crippen molar-refractivity contribution in [2.45, 2.75) is 12.1 Å². The first-order valence-corrected chi connectivity index (χ1v) is 6.44. The number of Topliss-reactive ketones (excluding diaryl/α,β-unsaturated/α-hetero) is 1. The Hall–Kier alpha value is -2.23. The molecular weight excluding hydrogens is 250 g/mol. The Bertz CT molecular complexity index is 578. The van der Waals surface area contributed by atoms with Gasteiger partial charge >= 0.3 is 0 Å². The summed E-state index contributed by atoms with van der Waals surface area (Å²) in [4.78, 5) is 12.1. The molecule has 2 atom stereocenters. The van der Waals surface area contributed by atoms with Gasteiger partial charge in [-0.2, -0.15) is 0 Å². The van der Waals surface area contributed by atoms with Gasteiger partial charge in [0, 0.05) is 5.56 Å². The largest absolute Gasteiger partial charge is 0.387 e. The zero-order valence-electron chi connectivity index (χ0n) is 11.0. The molecule has 0 spiro atoms. The highest BCUT2D eigenvalue weighted by molar-refractivity contribution is 6.00. The van der Waals surface area contributed by atoms with E-state index in [1.165, 1.54) is 0 Å². The number of rotatable bonds is 5. The van der Waals surface area contributed by atoms with E-state index >= 15 is 0 Å². The summed E-state index contributed by atoms with van der Waals surface area (Å²) in [5.74, 6) is -0.268. The fourth-order valence-electron chi connectivity index (χ4n) is 1.84. The lowest BCUT2D eigenvalue weighted by Crippen LogP contribution is -2.40. The van der Waals surface area contributed by atoms with Crippen molar-refractivity contribution in [3.63, 3.8) is 0 Å². The maximum absolute atomic E-state index is 12.1. The maximum atomic E-state index is 12.1. The predicted octanol–water partition coefficient (Wildman–Crippen LogP) is 2.27. The number of ketones is 1. The molecule has 0 saturated carbocycles. The first-order chi connectivity index (χ1) is 9.68. The van der Waals surface area contributed by atoms with Gasteiger partial charge in [-0.25, -0.2) is 0 Å². The number of carbonyl (C=O) groups excluding carboxylic acids is 1.